The summed E-state index contributed by atoms with van der Waals surface area (Å²) in [4.78, 5) is 0. The van der Waals surface area contributed by atoms with Crippen LogP contribution in [0.2, 0.25) is 0 Å². The smallest absolute Gasteiger partial charge is 0.132 e. The largest absolute Gasteiger partial charge is 0.497 e. The monoisotopic (exact) mass is 228 g/mol. The molecule has 2 N–H and O–H groups in total. The standard InChI is InChI=1S/C12H17FO3/c1-7(2)11(14)12(15)9-5-4-8(16-3)6-10(9)13/h4-7,11-12,14-15H,1-3H3. The summed E-state index contributed by atoms with van der Waals surface area (Å²) in [5.74, 6) is -0.337. The Kier molecular flexibility index (Phi) is 4.26. The van der Waals surface area contributed by atoms with Crippen molar-refractivity contribution in [2.45, 2.75) is 26.1 Å². The normalized spacial score (nSPS) is 14.9. The van der Waals surface area contributed by atoms with Crippen LogP contribution in [0.3, 0.4) is 0 Å². The van der Waals surface area contributed by atoms with Crippen LogP contribution in [0.5, 0.6) is 5.75 Å². The predicted molar refractivity (Wildman–Crippen MR) is 58.8 cm³/mol. The molecule has 0 bridgehead atoms. The Balaban J connectivity index is 2.96. The topological polar surface area (TPSA) is 49.7 Å². The average Bonchev–Trinajstić information content (AvgIpc) is 2.26. The van der Waals surface area contributed by atoms with Gasteiger partial charge in [-0.15, -0.1) is 0 Å². The molecule has 4 heteroatoms. The molecule has 0 aliphatic heterocycles. The Morgan fingerprint density at radius 2 is 1.88 bits per heavy atom. The molecule has 0 amide bonds. The molecular weight excluding hydrogens is 211 g/mol. The maximum atomic E-state index is 13.6. The highest BCUT2D eigenvalue weighted by atomic mass is 19.1. The Morgan fingerprint density at radius 3 is 2.31 bits per heavy atom. The summed E-state index contributed by atoms with van der Waals surface area (Å²) in [6.45, 7) is 3.52. The molecular formula is C12H17FO3. The van der Waals surface area contributed by atoms with Crippen LogP contribution >= 0.6 is 0 Å². The second kappa shape index (κ2) is 5.27. The summed E-state index contributed by atoms with van der Waals surface area (Å²) in [6.07, 6.45) is -2.20. The molecule has 0 fully saturated rings. The van der Waals surface area contributed by atoms with Gasteiger partial charge in [-0.2, -0.15) is 0 Å². The van der Waals surface area contributed by atoms with E-state index in [0.717, 1.165) is 0 Å². The molecule has 0 radical (unpaired) electrons. The lowest BCUT2D eigenvalue weighted by Crippen LogP contribution is -2.24. The van der Waals surface area contributed by atoms with Crippen LogP contribution in [-0.2, 0) is 0 Å². The zero-order valence-corrected chi connectivity index (χ0v) is 9.64. The number of hydrogen-bond donors (Lipinski definition) is 2. The SMILES string of the molecule is COc1ccc(C(O)C(O)C(C)C)c(F)c1. The lowest BCUT2D eigenvalue weighted by molar-refractivity contribution is -0.0112. The van der Waals surface area contributed by atoms with Crippen molar-refractivity contribution in [2.75, 3.05) is 7.11 Å². The lowest BCUT2D eigenvalue weighted by atomic mass is 9.96. The van der Waals surface area contributed by atoms with Gasteiger partial charge in [-0.1, -0.05) is 13.8 Å². The summed E-state index contributed by atoms with van der Waals surface area (Å²) < 4.78 is 18.4. The van der Waals surface area contributed by atoms with E-state index in [-0.39, 0.29) is 11.5 Å². The summed E-state index contributed by atoms with van der Waals surface area (Å²) in [7, 11) is 1.44. The molecule has 0 aliphatic rings. The number of hydrogen-bond acceptors (Lipinski definition) is 3. The van der Waals surface area contributed by atoms with Crippen molar-refractivity contribution in [3.05, 3.63) is 29.6 Å². The molecule has 2 atom stereocenters. The molecule has 3 nitrogen and oxygen atoms in total. The van der Waals surface area contributed by atoms with Gasteiger partial charge in [-0.3, -0.25) is 0 Å². The second-order valence-electron chi connectivity index (χ2n) is 4.07. The molecule has 0 heterocycles. The maximum Gasteiger partial charge on any atom is 0.132 e. The molecule has 1 aromatic rings. The third-order valence-corrected chi connectivity index (χ3v) is 2.53. The van der Waals surface area contributed by atoms with Crippen molar-refractivity contribution in [3.63, 3.8) is 0 Å². The fourth-order valence-electron chi connectivity index (χ4n) is 1.42. The highest BCUT2D eigenvalue weighted by Gasteiger charge is 2.24. The number of ether oxygens (including phenoxy) is 1. The zero-order chi connectivity index (χ0) is 12.3. The van der Waals surface area contributed by atoms with Gasteiger partial charge < -0.3 is 14.9 Å². The summed E-state index contributed by atoms with van der Waals surface area (Å²) >= 11 is 0. The number of aliphatic hydroxyl groups excluding tert-OH is 2. The minimum Gasteiger partial charge on any atom is -0.497 e. The third-order valence-electron chi connectivity index (χ3n) is 2.53. The minimum atomic E-state index is -1.22. The first kappa shape index (κ1) is 12.9. The molecule has 0 saturated heterocycles. The molecule has 0 spiro atoms. The molecule has 16 heavy (non-hydrogen) atoms. The van der Waals surface area contributed by atoms with Crippen molar-refractivity contribution in [1.29, 1.82) is 0 Å². The van der Waals surface area contributed by atoms with E-state index >= 15 is 0 Å². The highest BCUT2D eigenvalue weighted by molar-refractivity contribution is 5.30. The van der Waals surface area contributed by atoms with E-state index in [1.165, 1.54) is 19.2 Å². The Bertz CT molecular complexity index is 352. The minimum absolute atomic E-state index is 0.0852. The molecule has 1 rings (SSSR count). The van der Waals surface area contributed by atoms with Crippen molar-refractivity contribution >= 4 is 0 Å². The number of halogens is 1. The highest BCUT2D eigenvalue weighted by Crippen LogP contribution is 2.26. The van der Waals surface area contributed by atoms with Crippen molar-refractivity contribution < 1.29 is 19.3 Å². The Morgan fingerprint density at radius 1 is 1.25 bits per heavy atom. The van der Waals surface area contributed by atoms with E-state index in [0.29, 0.717) is 5.75 Å². The van der Waals surface area contributed by atoms with Crippen LogP contribution in [-0.4, -0.2) is 23.4 Å². The zero-order valence-electron chi connectivity index (χ0n) is 9.64. The van der Waals surface area contributed by atoms with Crippen molar-refractivity contribution in [3.8, 4) is 5.75 Å². The molecule has 0 saturated carbocycles. The third kappa shape index (κ3) is 2.71. The fourth-order valence-corrected chi connectivity index (χ4v) is 1.42. The number of methoxy groups -OCH3 is 1. The van der Waals surface area contributed by atoms with Gasteiger partial charge in [0.2, 0.25) is 0 Å². The van der Waals surface area contributed by atoms with E-state index in [1.807, 2.05) is 0 Å². The number of aliphatic hydroxyl groups is 2. The number of benzene rings is 1. The van der Waals surface area contributed by atoms with E-state index in [4.69, 9.17) is 4.74 Å². The molecule has 0 aromatic heterocycles. The van der Waals surface area contributed by atoms with Gasteiger partial charge in [0.05, 0.1) is 13.2 Å². The molecule has 0 aliphatic carbocycles. The van der Waals surface area contributed by atoms with Gasteiger partial charge in [0, 0.05) is 11.6 Å². The van der Waals surface area contributed by atoms with E-state index < -0.39 is 18.0 Å². The molecule has 1 aromatic carbocycles. The van der Waals surface area contributed by atoms with Gasteiger partial charge in [0.1, 0.15) is 17.7 Å². The Hall–Kier alpha value is -1.13. The first-order chi connectivity index (χ1) is 7.47. The quantitative estimate of drug-likeness (QED) is 0.827. The van der Waals surface area contributed by atoms with E-state index in [2.05, 4.69) is 0 Å². The first-order valence-electron chi connectivity index (χ1n) is 5.17. The number of rotatable bonds is 4. The fraction of sp³-hybridized carbons (Fsp3) is 0.500. The lowest BCUT2D eigenvalue weighted by Gasteiger charge is -2.21. The van der Waals surface area contributed by atoms with Crippen LogP contribution in [0.4, 0.5) is 4.39 Å². The summed E-state index contributed by atoms with van der Waals surface area (Å²) in [5.41, 5.74) is 0.0852. The van der Waals surface area contributed by atoms with Crippen LogP contribution in [0.15, 0.2) is 18.2 Å². The van der Waals surface area contributed by atoms with Gasteiger partial charge in [0.15, 0.2) is 0 Å². The molecule has 2 unspecified atom stereocenters. The second-order valence-corrected chi connectivity index (χ2v) is 4.07. The van der Waals surface area contributed by atoms with Crippen molar-refractivity contribution in [2.24, 2.45) is 5.92 Å². The van der Waals surface area contributed by atoms with Crippen LogP contribution in [0.1, 0.15) is 25.5 Å². The van der Waals surface area contributed by atoms with E-state index in [9.17, 15) is 14.6 Å². The predicted octanol–water partition coefficient (Wildman–Crippen LogP) is 1.88. The maximum absolute atomic E-state index is 13.6. The Labute approximate surface area is 94.5 Å². The van der Waals surface area contributed by atoms with Crippen molar-refractivity contribution in [1.82, 2.24) is 0 Å². The first-order valence-corrected chi connectivity index (χ1v) is 5.17. The van der Waals surface area contributed by atoms with Gasteiger partial charge in [-0.05, 0) is 18.1 Å². The van der Waals surface area contributed by atoms with E-state index in [1.54, 1.807) is 19.9 Å². The van der Waals surface area contributed by atoms with Crippen LogP contribution in [0.25, 0.3) is 0 Å². The summed E-state index contributed by atoms with van der Waals surface area (Å²) in [6, 6.07) is 4.16. The van der Waals surface area contributed by atoms with Crippen LogP contribution in [0, 0.1) is 11.7 Å². The summed E-state index contributed by atoms with van der Waals surface area (Å²) in [5, 5.41) is 19.4. The van der Waals surface area contributed by atoms with Gasteiger partial charge in [0.25, 0.3) is 0 Å². The van der Waals surface area contributed by atoms with Gasteiger partial charge in [-0.25, -0.2) is 4.39 Å². The van der Waals surface area contributed by atoms with Gasteiger partial charge >= 0.3 is 0 Å². The average molecular weight is 228 g/mol. The molecule has 90 valence electrons. The van der Waals surface area contributed by atoms with Crippen LogP contribution < -0.4 is 4.74 Å².